The van der Waals surface area contributed by atoms with E-state index in [9.17, 15) is 9.59 Å². The fourth-order valence-corrected chi connectivity index (χ4v) is 2.22. The van der Waals surface area contributed by atoms with Crippen LogP contribution in [0.1, 0.15) is 6.92 Å². The summed E-state index contributed by atoms with van der Waals surface area (Å²) in [4.78, 5) is 26.5. The molecule has 2 amide bonds. The first-order valence-corrected chi connectivity index (χ1v) is 8.22. The maximum Gasteiger partial charge on any atom is 0.295 e. The first-order valence-electron chi connectivity index (χ1n) is 8.22. The number of rotatable bonds is 8. The Morgan fingerprint density at radius 2 is 1.76 bits per heavy atom. The van der Waals surface area contributed by atoms with Crippen LogP contribution in [0.15, 0.2) is 35.4 Å². The lowest BCUT2D eigenvalue weighted by molar-refractivity contribution is -0.862. The van der Waals surface area contributed by atoms with Crippen LogP contribution in [-0.4, -0.2) is 75.2 Å². The predicted octanol–water partition coefficient (Wildman–Crippen LogP) is 1.00. The van der Waals surface area contributed by atoms with E-state index >= 15 is 0 Å². The van der Waals surface area contributed by atoms with E-state index in [1.54, 1.807) is 6.92 Å². The molecular weight excluding hydrogens is 318 g/mol. The van der Waals surface area contributed by atoms with Gasteiger partial charge in [0.2, 0.25) is 5.91 Å². The van der Waals surface area contributed by atoms with Gasteiger partial charge in [-0.2, -0.15) is 5.10 Å². The van der Waals surface area contributed by atoms with Gasteiger partial charge in [-0.25, -0.2) is 5.43 Å². The number of quaternary nitrogens is 1. The second-order valence-corrected chi connectivity index (χ2v) is 7.41. The Morgan fingerprint density at radius 3 is 2.28 bits per heavy atom. The summed E-state index contributed by atoms with van der Waals surface area (Å²) in [6.45, 7) is 2.56. The van der Waals surface area contributed by atoms with Gasteiger partial charge in [-0.3, -0.25) is 9.59 Å². The lowest BCUT2D eigenvalue weighted by Gasteiger charge is -2.23. The molecule has 0 bridgehead atoms. The van der Waals surface area contributed by atoms with Crippen LogP contribution < -0.4 is 10.7 Å². The third kappa shape index (κ3) is 8.42. The Balaban J connectivity index is 2.80. The highest BCUT2D eigenvalue weighted by atomic mass is 16.2. The molecule has 0 spiro atoms. The number of amides is 2. The molecule has 7 nitrogen and oxygen atoms in total. The summed E-state index contributed by atoms with van der Waals surface area (Å²) in [7, 11) is 9.58. The van der Waals surface area contributed by atoms with Crippen LogP contribution >= 0.6 is 0 Å². The minimum atomic E-state index is -0.459. The van der Waals surface area contributed by atoms with Gasteiger partial charge in [-0.15, -0.1) is 0 Å². The van der Waals surface area contributed by atoms with Gasteiger partial charge in [0, 0.05) is 17.9 Å². The maximum atomic E-state index is 12.6. The molecule has 0 aromatic heterocycles. The number of hydrazone groups is 1. The summed E-state index contributed by atoms with van der Waals surface area (Å²) in [5.74, 6) is -0.791. The van der Waals surface area contributed by atoms with E-state index in [2.05, 4.69) is 15.8 Å². The molecule has 0 aliphatic heterocycles. The molecule has 0 unspecified atom stereocenters. The highest BCUT2D eigenvalue weighted by molar-refractivity contribution is 6.08. The van der Waals surface area contributed by atoms with Gasteiger partial charge in [-0.05, 0) is 33.2 Å². The van der Waals surface area contributed by atoms with Gasteiger partial charge in [0.25, 0.3) is 5.91 Å². The first kappa shape index (κ1) is 20.8. The van der Waals surface area contributed by atoms with Crippen LogP contribution in [0, 0.1) is 5.92 Å². The molecule has 0 saturated carbocycles. The van der Waals surface area contributed by atoms with Crippen LogP contribution in [0.4, 0.5) is 5.69 Å². The molecule has 0 aliphatic rings. The van der Waals surface area contributed by atoms with Crippen LogP contribution in [0.5, 0.6) is 0 Å². The van der Waals surface area contributed by atoms with Gasteiger partial charge in [0.05, 0.1) is 27.1 Å². The third-order valence-corrected chi connectivity index (χ3v) is 3.38. The number of anilines is 1. The molecule has 0 radical (unpaired) electrons. The number of carbonyl (C=O) groups excluding carboxylic acids is 2. The predicted molar refractivity (Wildman–Crippen MR) is 101 cm³/mol. The summed E-state index contributed by atoms with van der Waals surface area (Å²) in [5, 5.41) is 7.04. The number of carbonyl (C=O) groups is 2. The van der Waals surface area contributed by atoms with Crippen LogP contribution in [0.3, 0.4) is 0 Å². The van der Waals surface area contributed by atoms with Crippen LogP contribution in [0.25, 0.3) is 0 Å². The van der Waals surface area contributed by atoms with E-state index in [4.69, 9.17) is 0 Å². The summed E-state index contributed by atoms with van der Waals surface area (Å²) in [6.07, 6.45) is 0. The van der Waals surface area contributed by atoms with E-state index < -0.39 is 5.92 Å². The third-order valence-electron chi connectivity index (χ3n) is 3.38. The largest absolute Gasteiger partial charge is 0.325 e. The minimum Gasteiger partial charge on any atom is -0.325 e. The van der Waals surface area contributed by atoms with Crippen molar-refractivity contribution in [1.82, 2.24) is 10.3 Å². The van der Waals surface area contributed by atoms with E-state index in [0.717, 1.165) is 5.69 Å². The van der Waals surface area contributed by atoms with E-state index in [-0.39, 0.29) is 11.8 Å². The zero-order chi connectivity index (χ0) is 19.0. The van der Waals surface area contributed by atoms with Gasteiger partial charge in [-0.1, -0.05) is 18.2 Å². The number of benzene rings is 1. The lowest BCUT2D eigenvalue weighted by atomic mass is 10.0. The summed E-state index contributed by atoms with van der Waals surface area (Å²) >= 11 is 0. The molecule has 1 rings (SSSR count). The minimum absolute atomic E-state index is 0.151. The number of likely N-dealkylation sites (N-methyl/N-ethyl adjacent to an activating group) is 1. The van der Waals surface area contributed by atoms with Crippen LogP contribution in [-0.2, 0) is 9.59 Å². The fraction of sp³-hybridized carbons (Fsp3) is 0.500. The highest BCUT2D eigenvalue weighted by Crippen LogP contribution is 2.10. The van der Waals surface area contributed by atoms with Gasteiger partial charge >= 0.3 is 0 Å². The number of hydrogen-bond donors (Lipinski definition) is 2. The molecule has 1 aromatic carbocycles. The van der Waals surface area contributed by atoms with Gasteiger partial charge < -0.3 is 14.7 Å². The highest BCUT2D eigenvalue weighted by Gasteiger charge is 2.23. The molecule has 1 aromatic rings. The second kappa shape index (κ2) is 9.29. The molecule has 0 fully saturated rings. The van der Waals surface area contributed by atoms with E-state index in [1.165, 1.54) is 0 Å². The van der Waals surface area contributed by atoms with Gasteiger partial charge in [0.1, 0.15) is 0 Å². The average Bonchev–Trinajstić information content (AvgIpc) is 2.49. The standard InChI is InChI=1S/C18H29N5O2/c1-14(20-21-17(24)13-23(4,5)6)16(12-22(2)3)18(25)19-15-10-8-7-9-11-15/h7-11,16H,12-13H2,1-6H3,(H-,19,21,24,25)/p+1/b20-14-/t16-/m1/s1. The molecule has 2 N–H and O–H groups in total. The van der Waals surface area contributed by atoms with Crippen molar-refractivity contribution in [2.75, 3.05) is 53.6 Å². The molecular formula is C18H30N5O2+. The monoisotopic (exact) mass is 348 g/mol. The molecule has 0 heterocycles. The Hall–Kier alpha value is -2.25. The molecule has 138 valence electrons. The van der Waals surface area contributed by atoms with Crippen molar-refractivity contribution in [2.24, 2.45) is 11.0 Å². The molecule has 0 aliphatic carbocycles. The van der Waals surface area contributed by atoms with E-state index in [0.29, 0.717) is 23.3 Å². The van der Waals surface area contributed by atoms with Crippen molar-refractivity contribution in [1.29, 1.82) is 0 Å². The Labute approximate surface area is 150 Å². The van der Waals surface area contributed by atoms with Crippen molar-refractivity contribution in [3.05, 3.63) is 30.3 Å². The molecule has 25 heavy (non-hydrogen) atoms. The maximum absolute atomic E-state index is 12.6. The number of nitrogens with one attached hydrogen (secondary N) is 2. The van der Waals surface area contributed by atoms with Crippen molar-refractivity contribution in [2.45, 2.75) is 6.92 Å². The molecule has 7 heteroatoms. The summed E-state index contributed by atoms with van der Waals surface area (Å²) < 4.78 is 0.510. The smallest absolute Gasteiger partial charge is 0.295 e. The molecule has 0 saturated heterocycles. The van der Waals surface area contributed by atoms with Gasteiger partial charge in [0.15, 0.2) is 6.54 Å². The van der Waals surface area contributed by atoms with E-state index in [1.807, 2.05) is 70.5 Å². The summed E-state index contributed by atoms with van der Waals surface area (Å²) in [5.41, 5.74) is 3.85. The Bertz CT molecular complexity index is 606. The van der Waals surface area contributed by atoms with Crippen molar-refractivity contribution in [3.8, 4) is 0 Å². The normalized spacial score (nSPS) is 13.5. The van der Waals surface area contributed by atoms with Crippen molar-refractivity contribution >= 4 is 23.2 Å². The van der Waals surface area contributed by atoms with Crippen LogP contribution in [0.2, 0.25) is 0 Å². The fourth-order valence-electron chi connectivity index (χ4n) is 2.22. The SMILES string of the molecule is C/C(=N/NC(=O)C[N+](C)(C)C)[C@@H](CN(C)C)C(=O)Nc1ccccc1. The molecule has 1 atom stereocenters. The average molecular weight is 348 g/mol. The number of hydrogen-bond acceptors (Lipinski definition) is 4. The van der Waals surface area contributed by atoms with Crippen molar-refractivity contribution in [3.63, 3.8) is 0 Å². The zero-order valence-electron chi connectivity index (χ0n) is 16.0. The quantitative estimate of drug-likeness (QED) is 0.418. The second-order valence-electron chi connectivity index (χ2n) is 7.41. The van der Waals surface area contributed by atoms with Crippen molar-refractivity contribution < 1.29 is 14.1 Å². The lowest BCUT2D eigenvalue weighted by Crippen LogP contribution is -2.43. The topological polar surface area (TPSA) is 73.8 Å². The number of para-hydroxylation sites is 1. The zero-order valence-corrected chi connectivity index (χ0v) is 16.0. The first-order chi connectivity index (χ1) is 11.6. The Kier molecular flexibility index (Phi) is 7.73. The number of nitrogens with zero attached hydrogens (tertiary/aromatic N) is 3. The summed E-state index contributed by atoms with van der Waals surface area (Å²) in [6, 6.07) is 9.29. The Morgan fingerprint density at radius 1 is 1.16 bits per heavy atom.